The van der Waals surface area contributed by atoms with E-state index >= 15 is 0 Å². The molecule has 0 saturated heterocycles. The number of rotatable bonds is 2. The van der Waals surface area contributed by atoms with Crippen molar-refractivity contribution in [2.75, 3.05) is 0 Å². The Morgan fingerprint density at radius 3 is 2.29 bits per heavy atom. The molecule has 1 unspecified atom stereocenters. The van der Waals surface area contributed by atoms with Crippen LogP contribution in [0, 0.1) is 0 Å². The van der Waals surface area contributed by atoms with Gasteiger partial charge in [0.2, 0.25) is 5.89 Å². The van der Waals surface area contributed by atoms with Gasteiger partial charge in [0.05, 0.1) is 0 Å². The van der Waals surface area contributed by atoms with Gasteiger partial charge in [0.1, 0.15) is 6.04 Å². The quantitative estimate of drug-likeness (QED) is 0.877. The molecule has 2 N–H and O–H groups in total. The van der Waals surface area contributed by atoms with Gasteiger partial charge < -0.3 is 10.2 Å². The first kappa shape index (κ1) is 11.6. The molecule has 2 aromatic rings. The van der Waals surface area contributed by atoms with Gasteiger partial charge >= 0.3 is 12.1 Å². The molecule has 0 amide bonds. The van der Waals surface area contributed by atoms with E-state index < -0.39 is 18.1 Å². The van der Waals surface area contributed by atoms with Crippen molar-refractivity contribution in [2.45, 2.75) is 12.2 Å². The zero-order chi connectivity index (χ0) is 12.5. The summed E-state index contributed by atoms with van der Waals surface area (Å²) in [7, 11) is 0. The standard InChI is InChI=1S/C10H8F3N3O/c11-10(12,13)9-16-15-8(17-9)7(14)6-4-2-1-3-5-6/h1-5,7H,14H2. The van der Waals surface area contributed by atoms with E-state index in [1.165, 1.54) is 0 Å². The lowest BCUT2D eigenvalue weighted by Gasteiger charge is -2.06. The van der Waals surface area contributed by atoms with E-state index in [-0.39, 0.29) is 5.89 Å². The molecule has 0 aliphatic heterocycles. The minimum absolute atomic E-state index is 0.261. The monoisotopic (exact) mass is 243 g/mol. The summed E-state index contributed by atoms with van der Waals surface area (Å²) < 4.78 is 41.2. The minimum atomic E-state index is -4.65. The second-order valence-corrected chi connectivity index (χ2v) is 3.33. The first-order valence-corrected chi connectivity index (χ1v) is 4.69. The van der Waals surface area contributed by atoms with E-state index in [1.54, 1.807) is 30.3 Å². The molecular formula is C10H8F3N3O. The predicted molar refractivity (Wildman–Crippen MR) is 51.8 cm³/mol. The van der Waals surface area contributed by atoms with Gasteiger partial charge in [0.25, 0.3) is 0 Å². The molecule has 1 heterocycles. The molecule has 1 aromatic carbocycles. The van der Waals surface area contributed by atoms with Crippen LogP contribution in [0.15, 0.2) is 34.7 Å². The zero-order valence-electron chi connectivity index (χ0n) is 8.48. The summed E-state index contributed by atoms with van der Waals surface area (Å²) >= 11 is 0. The van der Waals surface area contributed by atoms with Crippen LogP contribution in [0.1, 0.15) is 23.4 Å². The molecule has 0 spiro atoms. The van der Waals surface area contributed by atoms with Gasteiger partial charge in [0.15, 0.2) is 0 Å². The Morgan fingerprint density at radius 1 is 1.12 bits per heavy atom. The van der Waals surface area contributed by atoms with Gasteiger partial charge in [-0.1, -0.05) is 30.3 Å². The summed E-state index contributed by atoms with van der Waals surface area (Å²) in [6.07, 6.45) is -4.65. The Kier molecular flexibility index (Phi) is 2.84. The molecule has 0 saturated carbocycles. The fourth-order valence-electron chi connectivity index (χ4n) is 1.28. The Hall–Kier alpha value is -1.89. The summed E-state index contributed by atoms with van der Waals surface area (Å²) in [6.45, 7) is 0. The van der Waals surface area contributed by atoms with E-state index in [4.69, 9.17) is 5.73 Å². The third-order valence-electron chi connectivity index (χ3n) is 2.11. The molecule has 17 heavy (non-hydrogen) atoms. The van der Waals surface area contributed by atoms with Crippen LogP contribution in [0.4, 0.5) is 13.2 Å². The number of nitrogens with zero attached hydrogens (tertiary/aromatic N) is 2. The maximum Gasteiger partial charge on any atom is 0.470 e. The Morgan fingerprint density at radius 2 is 1.76 bits per heavy atom. The van der Waals surface area contributed by atoms with E-state index in [1.807, 2.05) is 0 Å². The topological polar surface area (TPSA) is 64.9 Å². The number of alkyl halides is 3. The molecule has 0 radical (unpaired) electrons. The fraction of sp³-hybridized carbons (Fsp3) is 0.200. The highest BCUT2D eigenvalue weighted by molar-refractivity contribution is 5.22. The van der Waals surface area contributed by atoms with Gasteiger partial charge in [-0.3, -0.25) is 0 Å². The van der Waals surface area contributed by atoms with Gasteiger partial charge in [0, 0.05) is 0 Å². The van der Waals surface area contributed by atoms with Crippen LogP contribution in [-0.2, 0) is 6.18 Å². The van der Waals surface area contributed by atoms with Crippen molar-refractivity contribution < 1.29 is 17.6 Å². The second-order valence-electron chi connectivity index (χ2n) is 3.33. The van der Waals surface area contributed by atoms with Crippen molar-refractivity contribution in [1.82, 2.24) is 10.2 Å². The number of hydrogen-bond acceptors (Lipinski definition) is 4. The molecule has 0 bridgehead atoms. The Bertz CT molecular complexity index is 495. The normalized spacial score (nSPS) is 13.6. The van der Waals surface area contributed by atoms with Crippen LogP contribution >= 0.6 is 0 Å². The molecule has 7 heteroatoms. The number of aromatic nitrogens is 2. The maximum absolute atomic E-state index is 12.2. The van der Waals surface area contributed by atoms with Crippen molar-refractivity contribution in [3.05, 3.63) is 47.7 Å². The van der Waals surface area contributed by atoms with E-state index in [2.05, 4.69) is 14.6 Å². The highest BCUT2D eigenvalue weighted by Gasteiger charge is 2.38. The van der Waals surface area contributed by atoms with Crippen molar-refractivity contribution in [3.63, 3.8) is 0 Å². The SMILES string of the molecule is NC(c1ccccc1)c1nnc(C(F)(F)F)o1. The first-order valence-electron chi connectivity index (χ1n) is 4.69. The van der Waals surface area contributed by atoms with Crippen LogP contribution in [-0.4, -0.2) is 10.2 Å². The summed E-state index contributed by atoms with van der Waals surface area (Å²) in [5, 5.41) is 6.21. The molecular weight excluding hydrogens is 235 g/mol. The summed E-state index contributed by atoms with van der Waals surface area (Å²) in [5.41, 5.74) is 6.31. The third kappa shape index (κ3) is 2.44. The molecule has 2 rings (SSSR count). The lowest BCUT2D eigenvalue weighted by molar-refractivity contribution is -0.157. The van der Waals surface area contributed by atoms with E-state index in [9.17, 15) is 13.2 Å². The average molecular weight is 243 g/mol. The van der Waals surface area contributed by atoms with Crippen molar-refractivity contribution in [1.29, 1.82) is 0 Å². The fourth-order valence-corrected chi connectivity index (χ4v) is 1.28. The average Bonchev–Trinajstić information content (AvgIpc) is 2.78. The highest BCUT2D eigenvalue weighted by atomic mass is 19.4. The van der Waals surface area contributed by atoms with Crippen LogP contribution in [0.25, 0.3) is 0 Å². The number of halogens is 3. The second kappa shape index (κ2) is 4.17. The third-order valence-corrected chi connectivity index (χ3v) is 2.11. The van der Waals surface area contributed by atoms with Crippen molar-refractivity contribution in [3.8, 4) is 0 Å². The Balaban J connectivity index is 2.27. The van der Waals surface area contributed by atoms with E-state index in [0.29, 0.717) is 5.56 Å². The molecule has 0 aliphatic carbocycles. The van der Waals surface area contributed by atoms with E-state index in [0.717, 1.165) is 0 Å². The molecule has 90 valence electrons. The van der Waals surface area contributed by atoms with Gasteiger partial charge in [-0.15, -0.1) is 10.2 Å². The van der Waals surface area contributed by atoms with Crippen LogP contribution in [0.2, 0.25) is 0 Å². The van der Waals surface area contributed by atoms with Gasteiger partial charge in [-0.25, -0.2) is 0 Å². The largest absolute Gasteiger partial charge is 0.470 e. The summed E-state index contributed by atoms with van der Waals surface area (Å²) in [5.74, 6) is -1.65. The lowest BCUT2D eigenvalue weighted by Crippen LogP contribution is -2.12. The Labute approximate surface area is 94.3 Å². The van der Waals surface area contributed by atoms with Gasteiger partial charge in [-0.05, 0) is 5.56 Å². The molecule has 0 fully saturated rings. The molecule has 1 atom stereocenters. The van der Waals surface area contributed by atoms with Crippen LogP contribution < -0.4 is 5.73 Å². The number of nitrogens with two attached hydrogens (primary N) is 1. The predicted octanol–water partition coefficient (Wildman–Crippen LogP) is 2.14. The zero-order valence-corrected chi connectivity index (χ0v) is 8.48. The summed E-state index contributed by atoms with van der Waals surface area (Å²) in [6, 6.07) is 7.68. The lowest BCUT2D eigenvalue weighted by atomic mass is 10.1. The molecule has 4 nitrogen and oxygen atoms in total. The molecule has 1 aromatic heterocycles. The van der Waals surface area contributed by atoms with Crippen molar-refractivity contribution >= 4 is 0 Å². The molecule has 0 aliphatic rings. The van der Waals surface area contributed by atoms with Crippen molar-refractivity contribution in [2.24, 2.45) is 5.73 Å². The number of benzene rings is 1. The van der Waals surface area contributed by atoms with Crippen LogP contribution in [0.3, 0.4) is 0 Å². The smallest absolute Gasteiger partial charge is 0.415 e. The van der Waals surface area contributed by atoms with Crippen LogP contribution in [0.5, 0.6) is 0 Å². The van der Waals surface area contributed by atoms with Gasteiger partial charge in [-0.2, -0.15) is 13.2 Å². The highest BCUT2D eigenvalue weighted by Crippen LogP contribution is 2.29. The maximum atomic E-state index is 12.2. The minimum Gasteiger partial charge on any atom is -0.415 e. The number of hydrogen-bond donors (Lipinski definition) is 1. The summed E-state index contributed by atoms with van der Waals surface area (Å²) in [4.78, 5) is 0. The first-order chi connectivity index (χ1) is 7.98.